The summed E-state index contributed by atoms with van der Waals surface area (Å²) in [7, 11) is 0. The van der Waals surface area contributed by atoms with Gasteiger partial charge < -0.3 is 4.52 Å². The number of aromatic nitrogens is 7. The molecule has 0 spiro atoms. The van der Waals surface area contributed by atoms with Gasteiger partial charge in [0.2, 0.25) is 11.7 Å². The van der Waals surface area contributed by atoms with Crippen LogP contribution < -0.4 is 5.56 Å². The molecule has 0 fully saturated rings. The van der Waals surface area contributed by atoms with Crippen LogP contribution in [0, 0.1) is 0 Å². The zero-order chi connectivity index (χ0) is 20.5. The molecule has 0 aliphatic carbocycles. The maximum Gasteiger partial charge on any atom is 0.284 e. The van der Waals surface area contributed by atoms with Crippen LogP contribution >= 0.6 is 0 Å². The topological polar surface area (TPSA) is 105 Å². The highest BCUT2D eigenvalue weighted by molar-refractivity contribution is 5.70. The highest BCUT2D eigenvalue weighted by atomic mass is 16.5. The molecule has 0 aliphatic rings. The van der Waals surface area contributed by atoms with Gasteiger partial charge >= 0.3 is 0 Å². The first-order valence-electron chi connectivity index (χ1n) is 9.51. The molecule has 5 rings (SSSR count). The molecule has 0 radical (unpaired) electrons. The van der Waals surface area contributed by atoms with Crippen LogP contribution in [0.2, 0.25) is 0 Å². The van der Waals surface area contributed by atoms with Crippen LogP contribution in [-0.4, -0.2) is 34.7 Å². The molecule has 9 heteroatoms. The molecule has 0 N–H and O–H groups in total. The van der Waals surface area contributed by atoms with E-state index in [1.807, 2.05) is 54.6 Å². The zero-order valence-corrected chi connectivity index (χ0v) is 16.1. The second-order valence-corrected chi connectivity index (χ2v) is 6.75. The Morgan fingerprint density at radius 2 is 1.83 bits per heavy atom. The van der Waals surface area contributed by atoms with E-state index in [0.717, 1.165) is 17.7 Å². The summed E-state index contributed by atoms with van der Waals surface area (Å²) in [5.74, 6) is 0.772. The Kier molecular flexibility index (Phi) is 4.40. The van der Waals surface area contributed by atoms with Crippen LogP contribution in [0.15, 0.2) is 70.2 Å². The lowest BCUT2D eigenvalue weighted by atomic mass is 10.1. The Morgan fingerprint density at radius 3 is 2.60 bits per heavy atom. The van der Waals surface area contributed by atoms with Crippen molar-refractivity contribution in [1.82, 2.24) is 34.7 Å². The summed E-state index contributed by atoms with van der Waals surface area (Å²) in [5.41, 5.74) is 3.11. The lowest BCUT2D eigenvalue weighted by Gasteiger charge is -2.04. The summed E-state index contributed by atoms with van der Waals surface area (Å²) in [6.07, 6.45) is 2.39. The van der Waals surface area contributed by atoms with E-state index in [0.29, 0.717) is 17.4 Å². The predicted octanol–water partition coefficient (Wildman–Crippen LogP) is 2.64. The molecular formula is C21H17N7O2. The molecule has 2 aromatic carbocycles. The highest BCUT2D eigenvalue weighted by Gasteiger charge is 2.15. The molecule has 9 nitrogen and oxygen atoms in total. The van der Waals surface area contributed by atoms with Crippen molar-refractivity contribution in [1.29, 1.82) is 0 Å². The van der Waals surface area contributed by atoms with Gasteiger partial charge in [-0.3, -0.25) is 9.36 Å². The summed E-state index contributed by atoms with van der Waals surface area (Å²) < 4.78 is 8.23. The second-order valence-electron chi connectivity index (χ2n) is 6.75. The van der Waals surface area contributed by atoms with Crippen molar-refractivity contribution in [2.24, 2.45) is 0 Å². The maximum absolute atomic E-state index is 12.9. The molecule has 0 unspecified atom stereocenters. The van der Waals surface area contributed by atoms with Crippen molar-refractivity contribution in [2.75, 3.05) is 0 Å². The van der Waals surface area contributed by atoms with E-state index in [9.17, 15) is 4.79 Å². The van der Waals surface area contributed by atoms with Crippen molar-refractivity contribution in [3.05, 3.63) is 82.7 Å². The fourth-order valence-electron chi connectivity index (χ4n) is 3.17. The Balaban J connectivity index is 1.46. The molecule has 0 bridgehead atoms. The SMILES string of the molecule is CCc1ccc(-n2nnc3c(=O)n(Cc4nc(-c5ccccc5)no4)cnc32)cc1. The predicted molar refractivity (Wildman–Crippen MR) is 109 cm³/mol. The molecule has 0 saturated heterocycles. The standard InChI is InChI=1S/C21H17N7O2/c1-2-14-8-10-16(11-9-14)28-20-18(24-26-28)21(29)27(13-22-20)12-17-23-19(25-30-17)15-6-4-3-5-7-15/h3-11,13H,2,12H2,1H3. The monoisotopic (exact) mass is 399 g/mol. The van der Waals surface area contributed by atoms with Crippen molar-refractivity contribution < 1.29 is 4.52 Å². The number of benzene rings is 2. The Morgan fingerprint density at radius 1 is 1.03 bits per heavy atom. The Labute approximate surface area is 170 Å². The summed E-state index contributed by atoms with van der Waals surface area (Å²) in [5, 5.41) is 12.1. The third kappa shape index (κ3) is 3.16. The average molecular weight is 399 g/mol. The molecule has 0 amide bonds. The summed E-state index contributed by atoms with van der Waals surface area (Å²) >= 11 is 0. The van der Waals surface area contributed by atoms with E-state index in [-0.39, 0.29) is 17.6 Å². The molecule has 0 atom stereocenters. The van der Waals surface area contributed by atoms with Gasteiger partial charge in [-0.15, -0.1) is 5.10 Å². The lowest BCUT2D eigenvalue weighted by Crippen LogP contribution is -2.21. The third-order valence-electron chi connectivity index (χ3n) is 4.82. The summed E-state index contributed by atoms with van der Waals surface area (Å²) in [6.45, 7) is 2.19. The minimum Gasteiger partial charge on any atom is -0.337 e. The van der Waals surface area contributed by atoms with Crippen LogP contribution in [0.3, 0.4) is 0 Å². The van der Waals surface area contributed by atoms with Crippen LogP contribution in [0.1, 0.15) is 18.4 Å². The van der Waals surface area contributed by atoms with Crippen LogP contribution in [0.25, 0.3) is 28.2 Å². The highest BCUT2D eigenvalue weighted by Crippen LogP contribution is 2.16. The normalized spacial score (nSPS) is 11.2. The van der Waals surface area contributed by atoms with Gasteiger partial charge in [-0.2, -0.15) is 9.67 Å². The van der Waals surface area contributed by atoms with E-state index >= 15 is 0 Å². The number of aryl methyl sites for hydroxylation is 1. The van der Waals surface area contributed by atoms with Crippen LogP contribution in [0.4, 0.5) is 0 Å². The van der Waals surface area contributed by atoms with Gasteiger partial charge in [0.25, 0.3) is 5.56 Å². The summed E-state index contributed by atoms with van der Waals surface area (Å²) in [4.78, 5) is 21.6. The maximum atomic E-state index is 12.9. The molecule has 3 heterocycles. The molecule has 5 aromatic rings. The van der Waals surface area contributed by atoms with Gasteiger partial charge in [0.1, 0.15) is 12.9 Å². The fourth-order valence-corrected chi connectivity index (χ4v) is 3.17. The number of fused-ring (bicyclic) bond motifs is 1. The second kappa shape index (κ2) is 7.36. The number of nitrogens with zero attached hydrogens (tertiary/aromatic N) is 7. The quantitative estimate of drug-likeness (QED) is 0.447. The minimum atomic E-state index is -0.323. The first kappa shape index (κ1) is 17.9. The average Bonchev–Trinajstić information content (AvgIpc) is 3.44. The van der Waals surface area contributed by atoms with Crippen LogP contribution in [-0.2, 0) is 13.0 Å². The first-order valence-corrected chi connectivity index (χ1v) is 9.51. The van der Waals surface area contributed by atoms with E-state index < -0.39 is 0 Å². The van der Waals surface area contributed by atoms with Crippen LogP contribution in [0.5, 0.6) is 0 Å². The van der Waals surface area contributed by atoms with Gasteiger partial charge in [-0.1, -0.05) is 59.8 Å². The van der Waals surface area contributed by atoms with Gasteiger partial charge in [0.05, 0.1) is 5.69 Å². The molecule has 3 aromatic heterocycles. The number of hydrogen-bond acceptors (Lipinski definition) is 7. The number of rotatable bonds is 5. The van der Waals surface area contributed by atoms with Crippen molar-refractivity contribution in [2.45, 2.75) is 19.9 Å². The van der Waals surface area contributed by atoms with Gasteiger partial charge in [0, 0.05) is 5.56 Å². The van der Waals surface area contributed by atoms with E-state index in [2.05, 4.69) is 32.4 Å². The third-order valence-corrected chi connectivity index (χ3v) is 4.82. The van der Waals surface area contributed by atoms with Crippen molar-refractivity contribution in [3.63, 3.8) is 0 Å². The first-order chi connectivity index (χ1) is 14.7. The molecule has 0 aliphatic heterocycles. The largest absolute Gasteiger partial charge is 0.337 e. The number of hydrogen-bond donors (Lipinski definition) is 0. The lowest BCUT2D eigenvalue weighted by molar-refractivity contribution is 0.369. The molecular weight excluding hydrogens is 382 g/mol. The molecule has 30 heavy (non-hydrogen) atoms. The van der Waals surface area contributed by atoms with Gasteiger partial charge in [0.15, 0.2) is 11.2 Å². The van der Waals surface area contributed by atoms with Gasteiger partial charge in [-0.25, -0.2) is 4.98 Å². The zero-order valence-electron chi connectivity index (χ0n) is 16.1. The van der Waals surface area contributed by atoms with E-state index in [1.165, 1.54) is 16.5 Å². The van der Waals surface area contributed by atoms with Crippen molar-refractivity contribution >= 4 is 11.2 Å². The Hall–Kier alpha value is -4.14. The minimum absolute atomic E-state index is 0.0969. The molecule has 148 valence electrons. The Bertz CT molecular complexity index is 1370. The van der Waals surface area contributed by atoms with Crippen molar-refractivity contribution in [3.8, 4) is 17.1 Å². The smallest absolute Gasteiger partial charge is 0.284 e. The fraction of sp³-hybridized carbons (Fsp3) is 0.143. The van der Waals surface area contributed by atoms with E-state index in [1.54, 1.807) is 4.68 Å². The molecule has 0 saturated carbocycles. The van der Waals surface area contributed by atoms with Gasteiger partial charge in [-0.05, 0) is 24.1 Å². The summed E-state index contributed by atoms with van der Waals surface area (Å²) in [6, 6.07) is 17.4. The van der Waals surface area contributed by atoms with E-state index in [4.69, 9.17) is 4.52 Å².